The lowest BCUT2D eigenvalue weighted by Gasteiger charge is -2.36. The van der Waals surface area contributed by atoms with Crippen LogP contribution in [0.2, 0.25) is 5.02 Å². The average Bonchev–Trinajstić information content (AvgIpc) is 3.18. The zero-order valence-corrected chi connectivity index (χ0v) is 19.1. The first-order chi connectivity index (χ1) is 12.7. The van der Waals surface area contributed by atoms with E-state index < -0.39 is 0 Å². The second-order valence-corrected chi connectivity index (χ2v) is 7.75. The quantitative estimate of drug-likeness (QED) is 0.356. The van der Waals surface area contributed by atoms with Crippen molar-refractivity contribution in [3.8, 4) is 0 Å². The molecule has 0 aromatic heterocycles. The van der Waals surface area contributed by atoms with Crippen LogP contribution in [0.5, 0.6) is 0 Å². The highest BCUT2D eigenvalue weighted by molar-refractivity contribution is 14.0. The highest BCUT2D eigenvalue weighted by Gasteiger charge is 2.27. The molecule has 0 atom stereocenters. The maximum atomic E-state index is 13.8. The molecule has 1 aliphatic heterocycles. The van der Waals surface area contributed by atoms with E-state index in [4.69, 9.17) is 11.6 Å². The lowest BCUT2D eigenvalue weighted by Crippen LogP contribution is -2.50. The van der Waals surface area contributed by atoms with Gasteiger partial charge in [0.15, 0.2) is 5.96 Å². The van der Waals surface area contributed by atoms with E-state index in [0.29, 0.717) is 29.6 Å². The molecule has 2 fully saturated rings. The lowest BCUT2D eigenvalue weighted by atomic mass is 10.0. The first kappa shape index (κ1) is 22.7. The molecule has 2 aliphatic rings. The van der Waals surface area contributed by atoms with Crippen LogP contribution in [-0.4, -0.2) is 49.6 Å². The second-order valence-electron chi connectivity index (χ2n) is 7.34. The third kappa shape index (κ3) is 6.46. The fraction of sp³-hybridized carbons (Fsp3) is 0.650. The minimum absolute atomic E-state index is 0. The first-order valence-electron chi connectivity index (χ1n) is 9.81. The molecular weight excluding hydrogens is 478 g/mol. The van der Waals surface area contributed by atoms with Crippen molar-refractivity contribution in [1.29, 1.82) is 0 Å². The van der Waals surface area contributed by atoms with Crippen molar-refractivity contribution >= 4 is 41.5 Å². The van der Waals surface area contributed by atoms with Crippen LogP contribution in [0.3, 0.4) is 0 Å². The number of aliphatic imine (C=N–C) groups is 1. The molecule has 0 amide bonds. The number of hydrogen-bond acceptors (Lipinski definition) is 2. The molecule has 3 rings (SSSR count). The third-order valence-electron chi connectivity index (χ3n) is 5.66. The van der Waals surface area contributed by atoms with E-state index in [0.717, 1.165) is 24.8 Å². The molecule has 1 aliphatic carbocycles. The predicted molar refractivity (Wildman–Crippen MR) is 122 cm³/mol. The average molecular weight is 509 g/mol. The third-order valence-corrected chi connectivity index (χ3v) is 6.02. The summed E-state index contributed by atoms with van der Waals surface area (Å²) < 4.78 is 13.8. The summed E-state index contributed by atoms with van der Waals surface area (Å²) >= 11 is 6.08. The van der Waals surface area contributed by atoms with Crippen LogP contribution in [0.25, 0.3) is 0 Å². The van der Waals surface area contributed by atoms with Gasteiger partial charge in [0.2, 0.25) is 0 Å². The number of guanidine groups is 1. The van der Waals surface area contributed by atoms with Crippen molar-refractivity contribution in [3.05, 3.63) is 34.6 Å². The molecule has 1 saturated carbocycles. The molecule has 1 heterocycles. The predicted octanol–water partition coefficient (Wildman–Crippen LogP) is 4.21. The number of nitrogens with zero attached hydrogens (tertiary/aromatic N) is 2. The van der Waals surface area contributed by atoms with Crippen LogP contribution in [-0.2, 0) is 6.42 Å². The van der Waals surface area contributed by atoms with Gasteiger partial charge in [-0.15, -0.1) is 24.0 Å². The molecule has 0 spiro atoms. The maximum Gasteiger partial charge on any atom is 0.191 e. The molecule has 7 heteroatoms. The zero-order valence-electron chi connectivity index (χ0n) is 16.0. The molecular formula is C20H31ClFIN4. The summed E-state index contributed by atoms with van der Waals surface area (Å²) in [4.78, 5) is 6.98. The molecule has 4 nitrogen and oxygen atoms in total. The summed E-state index contributed by atoms with van der Waals surface area (Å²) in [6.45, 7) is 2.94. The normalized spacial score (nSPS) is 19.7. The van der Waals surface area contributed by atoms with E-state index in [2.05, 4.69) is 20.5 Å². The van der Waals surface area contributed by atoms with Gasteiger partial charge in [0.25, 0.3) is 0 Å². The summed E-state index contributed by atoms with van der Waals surface area (Å²) in [6, 6.07) is 6.08. The first-order valence-corrected chi connectivity index (χ1v) is 10.2. The van der Waals surface area contributed by atoms with Crippen LogP contribution in [0, 0.1) is 5.82 Å². The lowest BCUT2D eigenvalue weighted by molar-refractivity contribution is 0.150. The van der Waals surface area contributed by atoms with Gasteiger partial charge in [-0.2, -0.15) is 0 Å². The van der Waals surface area contributed by atoms with Crippen molar-refractivity contribution < 1.29 is 4.39 Å². The zero-order chi connectivity index (χ0) is 18.4. The summed E-state index contributed by atoms with van der Waals surface area (Å²) in [5.74, 6) is 0.540. The van der Waals surface area contributed by atoms with Crippen molar-refractivity contribution in [3.63, 3.8) is 0 Å². The Morgan fingerprint density at radius 1 is 1.22 bits per heavy atom. The van der Waals surface area contributed by atoms with Crippen LogP contribution >= 0.6 is 35.6 Å². The Morgan fingerprint density at radius 3 is 2.56 bits per heavy atom. The molecule has 1 saturated heterocycles. The second kappa shape index (κ2) is 11.4. The molecule has 2 N–H and O–H groups in total. The van der Waals surface area contributed by atoms with Gasteiger partial charge in [-0.25, -0.2) is 4.39 Å². The highest BCUT2D eigenvalue weighted by Crippen LogP contribution is 2.26. The highest BCUT2D eigenvalue weighted by atomic mass is 127. The van der Waals surface area contributed by atoms with Crippen molar-refractivity contribution in [2.24, 2.45) is 4.99 Å². The van der Waals surface area contributed by atoms with Crippen molar-refractivity contribution in [2.45, 2.75) is 57.0 Å². The topological polar surface area (TPSA) is 39.7 Å². The van der Waals surface area contributed by atoms with Crippen molar-refractivity contribution in [2.75, 3.05) is 26.7 Å². The molecule has 27 heavy (non-hydrogen) atoms. The Labute approximate surface area is 184 Å². The number of nitrogens with one attached hydrogen (secondary N) is 2. The monoisotopic (exact) mass is 508 g/mol. The number of halogens is 3. The Morgan fingerprint density at radius 2 is 1.93 bits per heavy atom. The van der Waals surface area contributed by atoms with E-state index in [-0.39, 0.29) is 29.8 Å². The SMILES string of the molecule is CN=C(NCCc1c(F)cccc1Cl)NC1CCN(C2CCCC2)CC1.I. The number of hydrogen-bond donors (Lipinski definition) is 2. The maximum absolute atomic E-state index is 13.8. The Balaban J connectivity index is 0.00000261. The van der Waals surface area contributed by atoms with Gasteiger partial charge in [0.05, 0.1) is 0 Å². The van der Waals surface area contributed by atoms with Gasteiger partial charge < -0.3 is 15.5 Å². The van der Waals surface area contributed by atoms with E-state index in [1.165, 1.54) is 44.8 Å². The van der Waals surface area contributed by atoms with Crippen LogP contribution in [0.1, 0.15) is 44.1 Å². The van der Waals surface area contributed by atoms with Gasteiger partial charge in [-0.3, -0.25) is 4.99 Å². The van der Waals surface area contributed by atoms with Crippen molar-refractivity contribution in [1.82, 2.24) is 15.5 Å². The largest absolute Gasteiger partial charge is 0.356 e. The van der Waals surface area contributed by atoms with Crippen LogP contribution in [0.15, 0.2) is 23.2 Å². The molecule has 152 valence electrons. The Hall–Kier alpha value is -0.600. The molecule has 0 bridgehead atoms. The molecule has 1 aromatic carbocycles. The standard InChI is InChI=1S/C20H30ClFN4.HI/c1-23-20(24-12-9-17-18(21)7-4-8-19(17)22)25-15-10-13-26(14-11-15)16-5-2-3-6-16;/h4,7-8,15-16H,2-3,5-6,9-14H2,1H3,(H2,23,24,25);1H. The number of benzene rings is 1. The minimum atomic E-state index is -0.249. The molecule has 0 radical (unpaired) electrons. The molecule has 0 unspecified atom stereocenters. The van der Waals surface area contributed by atoms with E-state index >= 15 is 0 Å². The smallest absolute Gasteiger partial charge is 0.191 e. The number of rotatable bonds is 5. The van der Waals surface area contributed by atoms with Gasteiger partial charge in [-0.1, -0.05) is 30.5 Å². The fourth-order valence-electron chi connectivity index (χ4n) is 4.14. The van der Waals surface area contributed by atoms with Crippen LogP contribution in [0.4, 0.5) is 4.39 Å². The van der Waals surface area contributed by atoms with Gasteiger partial charge >= 0.3 is 0 Å². The van der Waals surface area contributed by atoms with E-state index in [9.17, 15) is 4.39 Å². The summed E-state index contributed by atoms with van der Waals surface area (Å²) in [7, 11) is 1.78. The number of likely N-dealkylation sites (tertiary alicyclic amines) is 1. The van der Waals surface area contributed by atoms with Gasteiger partial charge in [0.1, 0.15) is 5.82 Å². The van der Waals surface area contributed by atoms with Gasteiger partial charge in [0, 0.05) is 49.4 Å². The Kier molecular flexibility index (Phi) is 9.59. The van der Waals surface area contributed by atoms with E-state index in [1.54, 1.807) is 19.2 Å². The summed E-state index contributed by atoms with van der Waals surface area (Å²) in [6.07, 6.45) is 8.37. The Bertz CT molecular complexity index is 594. The minimum Gasteiger partial charge on any atom is -0.356 e. The van der Waals surface area contributed by atoms with Gasteiger partial charge in [-0.05, 0) is 44.2 Å². The number of piperidine rings is 1. The van der Waals surface area contributed by atoms with Crippen LogP contribution < -0.4 is 10.6 Å². The fourth-order valence-corrected chi connectivity index (χ4v) is 4.40. The summed E-state index contributed by atoms with van der Waals surface area (Å²) in [5.41, 5.74) is 0.557. The molecule has 1 aromatic rings. The van der Waals surface area contributed by atoms with E-state index in [1.807, 2.05) is 0 Å². The summed E-state index contributed by atoms with van der Waals surface area (Å²) in [5, 5.41) is 7.28.